The highest BCUT2D eigenvalue weighted by Crippen LogP contribution is 2.03. The first-order valence-electron chi connectivity index (χ1n) is 5.56. The standard InChI is InChI=1S/C10H21N3O2/c1-2-3-12-4-6-13(7-5-12)10(15)9(11)8-14/h9,14H,2-8,11H2,1H3. The molecule has 0 radical (unpaired) electrons. The zero-order valence-electron chi connectivity index (χ0n) is 9.35. The number of nitrogens with zero attached hydrogens (tertiary/aromatic N) is 2. The van der Waals surface area contributed by atoms with Crippen LogP contribution in [0.3, 0.4) is 0 Å². The topological polar surface area (TPSA) is 69.8 Å². The second-order valence-corrected chi connectivity index (χ2v) is 3.96. The summed E-state index contributed by atoms with van der Waals surface area (Å²) in [5.41, 5.74) is 5.49. The Morgan fingerprint density at radius 1 is 1.40 bits per heavy atom. The van der Waals surface area contributed by atoms with E-state index < -0.39 is 6.04 Å². The summed E-state index contributed by atoms with van der Waals surface area (Å²) in [6.45, 7) is 6.26. The Hall–Kier alpha value is -0.650. The fourth-order valence-electron chi connectivity index (χ4n) is 1.82. The lowest BCUT2D eigenvalue weighted by molar-refractivity contribution is -0.135. The third-order valence-corrected chi connectivity index (χ3v) is 2.74. The van der Waals surface area contributed by atoms with Crippen molar-refractivity contribution in [1.82, 2.24) is 9.80 Å². The van der Waals surface area contributed by atoms with Gasteiger partial charge in [-0.3, -0.25) is 9.69 Å². The Labute approximate surface area is 90.8 Å². The minimum absolute atomic E-state index is 0.131. The van der Waals surface area contributed by atoms with Crippen molar-refractivity contribution < 1.29 is 9.90 Å². The molecule has 3 N–H and O–H groups in total. The number of piperazine rings is 1. The fourth-order valence-corrected chi connectivity index (χ4v) is 1.82. The number of nitrogens with two attached hydrogens (primary N) is 1. The lowest BCUT2D eigenvalue weighted by atomic mass is 10.2. The predicted molar refractivity (Wildman–Crippen MR) is 58.4 cm³/mol. The van der Waals surface area contributed by atoms with Crippen LogP contribution in [-0.2, 0) is 4.79 Å². The highest BCUT2D eigenvalue weighted by molar-refractivity contribution is 5.81. The molecule has 0 saturated carbocycles. The first-order valence-corrected chi connectivity index (χ1v) is 5.56. The summed E-state index contributed by atoms with van der Waals surface area (Å²) in [5, 5.41) is 8.79. The monoisotopic (exact) mass is 215 g/mol. The van der Waals surface area contributed by atoms with Crippen molar-refractivity contribution in [3.8, 4) is 0 Å². The van der Waals surface area contributed by atoms with Crippen molar-refractivity contribution in [3.05, 3.63) is 0 Å². The molecule has 1 rings (SSSR count). The van der Waals surface area contributed by atoms with Crippen molar-refractivity contribution >= 4 is 5.91 Å². The molecule has 1 amide bonds. The molecule has 5 nitrogen and oxygen atoms in total. The lowest BCUT2D eigenvalue weighted by Gasteiger charge is -2.35. The molecule has 1 fully saturated rings. The number of aliphatic hydroxyl groups is 1. The van der Waals surface area contributed by atoms with E-state index in [1.807, 2.05) is 0 Å². The van der Waals surface area contributed by atoms with Crippen LogP contribution >= 0.6 is 0 Å². The number of carbonyl (C=O) groups is 1. The molecule has 0 aliphatic carbocycles. The molecular weight excluding hydrogens is 194 g/mol. The van der Waals surface area contributed by atoms with Crippen molar-refractivity contribution in [2.45, 2.75) is 19.4 Å². The van der Waals surface area contributed by atoms with Crippen LogP contribution in [0.4, 0.5) is 0 Å². The van der Waals surface area contributed by atoms with Crippen LogP contribution < -0.4 is 5.73 Å². The minimum Gasteiger partial charge on any atom is -0.394 e. The molecular formula is C10H21N3O2. The number of hydrogen-bond donors (Lipinski definition) is 2. The van der Waals surface area contributed by atoms with E-state index in [1.54, 1.807) is 4.90 Å². The molecule has 1 aliphatic rings. The van der Waals surface area contributed by atoms with E-state index in [0.29, 0.717) is 0 Å². The van der Waals surface area contributed by atoms with Gasteiger partial charge in [0, 0.05) is 26.2 Å². The van der Waals surface area contributed by atoms with Crippen LogP contribution in [0.25, 0.3) is 0 Å². The van der Waals surface area contributed by atoms with Gasteiger partial charge in [-0.25, -0.2) is 0 Å². The molecule has 1 unspecified atom stereocenters. The molecule has 1 heterocycles. The third-order valence-electron chi connectivity index (χ3n) is 2.74. The summed E-state index contributed by atoms with van der Waals surface area (Å²) >= 11 is 0. The maximum absolute atomic E-state index is 11.6. The van der Waals surface area contributed by atoms with E-state index >= 15 is 0 Å². The van der Waals surface area contributed by atoms with Gasteiger partial charge in [-0.15, -0.1) is 0 Å². The number of amides is 1. The lowest BCUT2D eigenvalue weighted by Crippen LogP contribution is -2.54. The average molecular weight is 215 g/mol. The fraction of sp³-hybridized carbons (Fsp3) is 0.900. The summed E-state index contributed by atoms with van der Waals surface area (Å²) in [7, 11) is 0. The smallest absolute Gasteiger partial charge is 0.241 e. The maximum atomic E-state index is 11.6. The van der Waals surface area contributed by atoms with Crippen LogP contribution in [0.1, 0.15) is 13.3 Å². The van der Waals surface area contributed by atoms with Crippen LogP contribution in [0.2, 0.25) is 0 Å². The average Bonchev–Trinajstić information content (AvgIpc) is 2.28. The van der Waals surface area contributed by atoms with Gasteiger partial charge >= 0.3 is 0 Å². The van der Waals surface area contributed by atoms with Gasteiger partial charge in [0.05, 0.1) is 6.61 Å². The van der Waals surface area contributed by atoms with Gasteiger partial charge in [0.2, 0.25) is 5.91 Å². The zero-order chi connectivity index (χ0) is 11.3. The van der Waals surface area contributed by atoms with Gasteiger partial charge in [-0.05, 0) is 13.0 Å². The van der Waals surface area contributed by atoms with E-state index in [0.717, 1.165) is 39.1 Å². The molecule has 5 heteroatoms. The van der Waals surface area contributed by atoms with Gasteiger partial charge in [0.1, 0.15) is 6.04 Å². The Morgan fingerprint density at radius 2 is 2.00 bits per heavy atom. The van der Waals surface area contributed by atoms with Crippen LogP contribution in [0, 0.1) is 0 Å². The number of hydrogen-bond acceptors (Lipinski definition) is 4. The number of rotatable bonds is 4. The van der Waals surface area contributed by atoms with Crippen LogP contribution in [0.15, 0.2) is 0 Å². The quantitative estimate of drug-likeness (QED) is 0.622. The van der Waals surface area contributed by atoms with E-state index in [1.165, 1.54) is 0 Å². The Kier molecular flexibility index (Phi) is 5.01. The second kappa shape index (κ2) is 6.05. The largest absolute Gasteiger partial charge is 0.394 e. The highest BCUT2D eigenvalue weighted by Gasteiger charge is 2.24. The van der Waals surface area contributed by atoms with Gasteiger partial charge in [0.15, 0.2) is 0 Å². The molecule has 0 bridgehead atoms. The summed E-state index contributed by atoms with van der Waals surface area (Å²) in [4.78, 5) is 15.7. The molecule has 0 aromatic rings. The molecule has 1 aliphatic heterocycles. The van der Waals surface area contributed by atoms with Gasteiger partial charge in [0.25, 0.3) is 0 Å². The van der Waals surface area contributed by atoms with Crippen LogP contribution in [0.5, 0.6) is 0 Å². The summed E-state index contributed by atoms with van der Waals surface area (Å²) < 4.78 is 0. The molecule has 1 saturated heterocycles. The second-order valence-electron chi connectivity index (χ2n) is 3.96. The molecule has 88 valence electrons. The van der Waals surface area contributed by atoms with Crippen molar-refractivity contribution in [3.63, 3.8) is 0 Å². The highest BCUT2D eigenvalue weighted by atomic mass is 16.3. The maximum Gasteiger partial charge on any atom is 0.241 e. The van der Waals surface area contributed by atoms with Crippen molar-refractivity contribution in [2.24, 2.45) is 5.73 Å². The third kappa shape index (κ3) is 3.44. The Balaban J connectivity index is 2.33. The number of carbonyl (C=O) groups excluding carboxylic acids is 1. The van der Waals surface area contributed by atoms with E-state index in [9.17, 15) is 4.79 Å². The minimum atomic E-state index is -0.747. The Bertz CT molecular complexity index is 203. The molecule has 0 aromatic heterocycles. The molecule has 1 atom stereocenters. The normalized spacial score (nSPS) is 20.3. The zero-order valence-corrected chi connectivity index (χ0v) is 9.35. The molecule has 0 aromatic carbocycles. The van der Waals surface area contributed by atoms with Crippen molar-refractivity contribution in [1.29, 1.82) is 0 Å². The molecule has 15 heavy (non-hydrogen) atoms. The van der Waals surface area contributed by atoms with Crippen molar-refractivity contribution in [2.75, 3.05) is 39.3 Å². The van der Waals surface area contributed by atoms with E-state index in [4.69, 9.17) is 10.8 Å². The SMILES string of the molecule is CCCN1CCN(C(=O)C(N)CO)CC1. The molecule has 0 spiro atoms. The van der Waals surface area contributed by atoms with Gasteiger partial charge in [-0.2, -0.15) is 0 Å². The predicted octanol–water partition coefficient (Wildman–Crippen LogP) is -1.14. The van der Waals surface area contributed by atoms with Gasteiger partial charge < -0.3 is 15.7 Å². The van der Waals surface area contributed by atoms with E-state index in [2.05, 4.69) is 11.8 Å². The summed E-state index contributed by atoms with van der Waals surface area (Å²) in [5.74, 6) is -0.131. The number of aliphatic hydroxyl groups excluding tert-OH is 1. The van der Waals surface area contributed by atoms with Gasteiger partial charge in [-0.1, -0.05) is 6.92 Å². The van der Waals surface area contributed by atoms with Crippen LogP contribution in [-0.4, -0.2) is 66.2 Å². The van der Waals surface area contributed by atoms with E-state index in [-0.39, 0.29) is 12.5 Å². The first-order chi connectivity index (χ1) is 7.19. The summed E-state index contributed by atoms with van der Waals surface area (Å²) in [6, 6.07) is -0.747. The Morgan fingerprint density at radius 3 is 2.47 bits per heavy atom. The summed E-state index contributed by atoms with van der Waals surface area (Å²) in [6.07, 6.45) is 1.14. The first kappa shape index (κ1) is 12.4.